The van der Waals surface area contributed by atoms with Gasteiger partial charge in [-0.2, -0.15) is 0 Å². The van der Waals surface area contributed by atoms with E-state index in [1.54, 1.807) is 72.7 Å². The van der Waals surface area contributed by atoms with Crippen LogP contribution < -0.4 is 10.6 Å². The number of hydrogen-bond donors (Lipinski definition) is 7. The van der Waals surface area contributed by atoms with E-state index in [2.05, 4.69) is 10.6 Å². The fraction of sp³-hybridized carbons (Fsp3) is 0.826. The minimum absolute atomic E-state index is 0.0925. The van der Waals surface area contributed by atoms with Crippen molar-refractivity contribution in [3.05, 3.63) is 29.3 Å². The molecule has 0 aliphatic carbocycles. The van der Waals surface area contributed by atoms with Crippen molar-refractivity contribution in [2.24, 2.45) is 17.8 Å². The molecular formula is C46H79ClN4O13. The molecule has 3 fully saturated rings. The van der Waals surface area contributed by atoms with E-state index in [9.17, 15) is 35.1 Å². The largest absolute Gasteiger partial charge is 0.459 e. The first-order valence-electron chi connectivity index (χ1n) is 22.8. The number of esters is 1. The van der Waals surface area contributed by atoms with Gasteiger partial charge in [0.15, 0.2) is 12.6 Å². The number of ether oxygens (including phenoxy) is 6. The van der Waals surface area contributed by atoms with Crippen LogP contribution in [0.1, 0.15) is 94.9 Å². The summed E-state index contributed by atoms with van der Waals surface area (Å²) in [6.45, 7) is 18.0. The lowest BCUT2D eigenvalue weighted by Gasteiger charge is -2.48. The number of aliphatic hydroxyl groups is 5. The molecular weight excluding hydrogens is 852 g/mol. The summed E-state index contributed by atoms with van der Waals surface area (Å²) in [5, 5.41) is 65.8. The maximum absolute atomic E-state index is 14.5. The van der Waals surface area contributed by atoms with E-state index in [0.717, 1.165) is 0 Å². The maximum Gasteiger partial charge on any atom is 0.319 e. The lowest BCUT2D eigenvalue weighted by Crippen LogP contribution is -2.60. The minimum atomic E-state index is -1.95. The molecule has 0 aromatic heterocycles. The molecule has 368 valence electrons. The zero-order valence-electron chi connectivity index (χ0n) is 40.2. The van der Waals surface area contributed by atoms with Crippen molar-refractivity contribution < 1.29 is 63.5 Å². The molecule has 3 heterocycles. The number of methoxy groups -OCH3 is 1. The van der Waals surface area contributed by atoms with E-state index < -0.39 is 102 Å². The van der Waals surface area contributed by atoms with Gasteiger partial charge in [0.05, 0.1) is 41.5 Å². The number of aliphatic hydroxyl groups excluding tert-OH is 3. The topological polar surface area (TPSA) is 221 Å². The number of carbonyl (C=O) groups excluding carboxylic acids is 2. The molecule has 18 atom stereocenters. The van der Waals surface area contributed by atoms with Crippen LogP contribution in [0.4, 0.5) is 10.5 Å². The predicted octanol–water partition coefficient (Wildman–Crippen LogP) is 3.75. The Balaban J connectivity index is 1.77. The highest BCUT2D eigenvalue weighted by molar-refractivity contribution is 6.30. The highest BCUT2D eigenvalue weighted by atomic mass is 35.5. The van der Waals surface area contributed by atoms with E-state index >= 15 is 0 Å². The Labute approximate surface area is 385 Å². The standard InChI is InChI=1S/C46H79ClN4O13/c1-14-34-46(10,58)38(53)29(6)51(20-19-48-43(56)49-32-17-15-31(47)16-18-32)24-25(2)22-44(8,57)40(64-42-36(52)33(50(11)12)21-26(3)60-42)27(4)37(28(5)41(55)62-34)63-35-23-45(9,59-13)39(54)30(7)61-35/h15-18,25-30,33-40,42,52-54,57-58H,14,19-24H2,1-13H3,(H2,48,49,56)/t25-,26-,27-,28-,29-,30+,33+,34-,35-,36-,37-,38-,39+,40+,42+,44-,45-,46-/m1/s1. The van der Waals surface area contributed by atoms with Crippen molar-refractivity contribution >= 4 is 29.3 Å². The third-order valence-corrected chi connectivity index (χ3v) is 14.1. The van der Waals surface area contributed by atoms with Gasteiger partial charge in [0, 0.05) is 61.9 Å². The number of hydrogen-bond acceptors (Lipinski definition) is 15. The van der Waals surface area contributed by atoms with Crippen LogP contribution in [0, 0.1) is 17.8 Å². The summed E-state index contributed by atoms with van der Waals surface area (Å²) in [5.41, 5.74) is -4.15. The average molecular weight is 932 g/mol. The Hall–Kier alpha value is -2.23. The Morgan fingerprint density at radius 2 is 1.61 bits per heavy atom. The van der Waals surface area contributed by atoms with E-state index in [1.165, 1.54) is 14.0 Å². The molecule has 4 rings (SSSR count). The van der Waals surface area contributed by atoms with Crippen LogP contribution in [0.3, 0.4) is 0 Å². The smallest absolute Gasteiger partial charge is 0.319 e. The average Bonchev–Trinajstić information content (AvgIpc) is 3.22. The molecule has 18 heteroatoms. The van der Waals surface area contributed by atoms with Crippen molar-refractivity contribution in [1.29, 1.82) is 0 Å². The second kappa shape index (κ2) is 22.7. The number of likely N-dealkylation sites (N-methyl/N-ethyl adjacent to an activating group) is 1. The second-order valence-corrected chi connectivity index (χ2v) is 20.0. The molecule has 0 bridgehead atoms. The number of anilines is 1. The lowest BCUT2D eigenvalue weighted by molar-refractivity contribution is -0.318. The lowest BCUT2D eigenvalue weighted by atomic mass is 9.77. The number of halogens is 1. The van der Waals surface area contributed by atoms with E-state index in [-0.39, 0.29) is 57.0 Å². The van der Waals surface area contributed by atoms with Crippen LogP contribution in [-0.2, 0) is 33.2 Å². The van der Waals surface area contributed by atoms with Crippen LogP contribution in [0.25, 0.3) is 0 Å². The summed E-state index contributed by atoms with van der Waals surface area (Å²) in [6, 6.07) is 5.16. The molecule has 1 aromatic carbocycles. The van der Waals surface area contributed by atoms with Crippen LogP contribution in [0.15, 0.2) is 24.3 Å². The van der Waals surface area contributed by atoms with E-state index in [0.29, 0.717) is 17.1 Å². The van der Waals surface area contributed by atoms with Crippen molar-refractivity contribution in [2.45, 2.75) is 185 Å². The zero-order chi connectivity index (χ0) is 48.1. The Kier molecular flexibility index (Phi) is 19.3. The molecule has 1 aromatic rings. The molecule has 0 saturated carbocycles. The first-order chi connectivity index (χ1) is 29.8. The number of nitrogens with one attached hydrogen (secondary N) is 2. The molecule has 3 saturated heterocycles. The van der Waals surface area contributed by atoms with Crippen LogP contribution in [0.5, 0.6) is 0 Å². The number of rotatable bonds is 11. The maximum atomic E-state index is 14.5. The first-order valence-corrected chi connectivity index (χ1v) is 23.2. The van der Waals surface area contributed by atoms with Gasteiger partial charge in [-0.3, -0.25) is 9.69 Å². The number of amides is 2. The SMILES string of the molecule is CC[C@H]1OC(=O)[C@H](C)[C@H](O[C@@H]2C[C@@](C)(OC)[C@@H](O)[C@H](C)O2)[C@@H](C)[C@H](O[C@@H]2O[C@H](C)C[C@H](N(C)C)[C@H]2O)[C@](C)(O)C[C@@H](C)CN(CCNC(=O)Nc2ccc(Cl)cc2)[C@H](C)[C@@H](O)[C@]1(C)O. The fourth-order valence-corrected chi connectivity index (χ4v) is 10.0. The van der Waals surface area contributed by atoms with Crippen molar-refractivity contribution in [2.75, 3.05) is 46.2 Å². The molecule has 64 heavy (non-hydrogen) atoms. The summed E-state index contributed by atoms with van der Waals surface area (Å²) < 4.78 is 37.9. The van der Waals surface area contributed by atoms with Crippen molar-refractivity contribution in [3.8, 4) is 0 Å². The summed E-state index contributed by atoms with van der Waals surface area (Å²) >= 11 is 6.01. The predicted molar refractivity (Wildman–Crippen MR) is 242 cm³/mol. The van der Waals surface area contributed by atoms with Gasteiger partial charge in [0.25, 0.3) is 0 Å². The van der Waals surface area contributed by atoms with Gasteiger partial charge < -0.3 is 69.5 Å². The highest BCUT2D eigenvalue weighted by Gasteiger charge is 2.53. The summed E-state index contributed by atoms with van der Waals surface area (Å²) in [5.74, 6) is -2.96. The van der Waals surface area contributed by atoms with E-state index in [4.69, 9.17) is 40.0 Å². The second-order valence-electron chi connectivity index (χ2n) is 19.6. The third kappa shape index (κ3) is 13.3. The minimum Gasteiger partial charge on any atom is -0.459 e. The van der Waals surface area contributed by atoms with Gasteiger partial charge in [-0.05, 0) is 112 Å². The van der Waals surface area contributed by atoms with Gasteiger partial charge >= 0.3 is 12.0 Å². The van der Waals surface area contributed by atoms with Gasteiger partial charge in [0.1, 0.15) is 30.0 Å². The van der Waals surface area contributed by atoms with Gasteiger partial charge in [-0.15, -0.1) is 0 Å². The Bertz CT molecular complexity index is 1640. The summed E-state index contributed by atoms with van der Waals surface area (Å²) in [7, 11) is 5.23. The Morgan fingerprint density at radius 3 is 2.20 bits per heavy atom. The molecule has 17 nitrogen and oxygen atoms in total. The van der Waals surface area contributed by atoms with Crippen molar-refractivity contribution in [1.82, 2.24) is 15.1 Å². The first kappa shape index (κ1) is 54.4. The van der Waals surface area contributed by atoms with Crippen molar-refractivity contribution in [3.63, 3.8) is 0 Å². The normalized spacial score (nSPS) is 42.3. The summed E-state index contributed by atoms with van der Waals surface area (Å²) in [6.07, 6.45) is -9.24. The van der Waals surface area contributed by atoms with Gasteiger partial charge in [0.2, 0.25) is 0 Å². The number of benzene rings is 1. The highest BCUT2D eigenvalue weighted by Crippen LogP contribution is 2.40. The zero-order valence-corrected chi connectivity index (χ0v) is 40.9. The van der Waals surface area contributed by atoms with E-state index in [1.807, 2.05) is 37.7 Å². The molecule has 7 N–H and O–H groups in total. The number of carbonyl (C=O) groups is 2. The Morgan fingerprint density at radius 1 is 0.969 bits per heavy atom. The monoisotopic (exact) mass is 931 g/mol. The van der Waals surface area contributed by atoms with Gasteiger partial charge in [-0.1, -0.05) is 32.4 Å². The molecule has 3 aliphatic heterocycles. The van der Waals surface area contributed by atoms with Gasteiger partial charge in [-0.25, -0.2) is 4.79 Å². The quantitative estimate of drug-likeness (QED) is 0.157. The molecule has 2 amide bonds. The molecule has 3 aliphatic rings. The number of cyclic esters (lactones) is 1. The van der Waals surface area contributed by atoms with Crippen LogP contribution in [-0.4, -0.2) is 178 Å². The molecule has 0 radical (unpaired) electrons. The number of urea groups is 1. The molecule has 0 unspecified atom stereocenters. The van der Waals surface area contributed by atoms with Crippen LogP contribution >= 0.6 is 11.6 Å². The van der Waals surface area contributed by atoms with Crippen LogP contribution in [0.2, 0.25) is 5.02 Å². The fourth-order valence-electron chi connectivity index (χ4n) is 9.92. The number of nitrogens with zero attached hydrogens (tertiary/aromatic N) is 2. The summed E-state index contributed by atoms with van der Waals surface area (Å²) in [4.78, 5) is 31.3. The molecule has 0 spiro atoms. The third-order valence-electron chi connectivity index (χ3n) is 13.8.